The fourth-order valence-corrected chi connectivity index (χ4v) is 3.99. The van der Waals surface area contributed by atoms with Crippen molar-refractivity contribution in [1.82, 2.24) is 4.90 Å². The lowest BCUT2D eigenvalue weighted by Gasteiger charge is -2.33. The van der Waals surface area contributed by atoms with Crippen molar-refractivity contribution in [3.8, 4) is 0 Å². The molecule has 3 unspecified atom stereocenters. The minimum absolute atomic E-state index is 0.0139. The maximum absolute atomic E-state index is 12.8. The van der Waals surface area contributed by atoms with Gasteiger partial charge in [0.15, 0.2) is 0 Å². The summed E-state index contributed by atoms with van der Waals surface area (Å²) in [5.41, 5.74) is 0.667. The van der Waals surface area contributed by atoms with Gasteiger partial charge in [-0.1, -0.05) is 18.9 Å². The number of hydrogen-bond acceptors (Lipinski definition) is 2. The van der Waals surface area contributed by atoms with Gasteiger partial charge in [0.2, 0.25) is 0 Å². The first-order valence-electron chi connectivity index (χ1n) is 7.74. The lowest BCUT2D eigenvalue weighted by molar-refractivity contribution is 0.0633. The molecule has 3 rings (SSSR count). The van der Waals surface area contributed by atoms with Crippen LogP contribution in [0, 0.1) is 5.92 Å². The van der Waals surface area contributed by atoms with Crippen LogP contribution in [0.5, 0.6) is 0 Å². The van der Waals surface area contributed by atoms with E-state index in [0.29, 0.717) is 17.5 Å². The van der Waals surface area contributed by atoms with Gasteiger partial charge in [0.1, 0.15) is 0 Å². The Balaban J connectivity index is 1.87. The van der Waals surface area contributed by atoms with E-state index < -0.39 is 5.97 Å². The molecule has 2 aliphatic rings. The number of amides is 1. The molecule has 1 aliphatic carbocycles. The van der Waals surface area contributed by atoms with Gasteiger partial charge in [-0.2, -0.15) is 0 Å². The average Bonchev–Trinajstić information content (AvgIpc) is 2.82. The molecule has 0 radical (unpaired) electrons. The van der Waals surface area contributed by atoms with Crippen LogP contribution in [0.3, 0.4) is 0 Å². The van der Waals surface area contributed by atoms with Crippen molar-refractivity contribution < 1.29 is 14.7 Å². The van der Waals surface area contributed by atoms with Gasteiger partial charge in [0.25, 0.3) is 5.91 Å². The minimum Gasteiger partial charge on any atom is -0.478 e. The Morgan fingerprint density at radius 1 is 1.19 bits per heavy atom. The summed E-state index contributed by atoms with van der Waals surface area (Å²) < 4.78 is 0. The summed E-state index contributed by atoms with van der Waals surface area (Å²) in [7, 11) is 0. The Morgan fingerprint density at radius 3 is 2.67 bits per heavy atom. The molecular formula is C17H21NO3. The molecular weight excluding hydrogens is 266 g/mol. The highest BCUT2D eigenvalue weighted by Gasteiger charge is 2.42. The van der Waals surface area contributed by atoms with Crippen LogP contribution in [0.15, 0.2) is 24.3 Å². The van der Waals surface area contributed by atoms with E-state index >= 15 is 0 Å². The first kappa shape index (κ1) is 14.1. The number of likely N-dealkylation sites (tertiary alicyclic amines) is 1. The number of carboxylic acids is 1. The van der Waals surface area contributed by atoms with Crippen LogP contribution in [0.25, 0.3) is 0 Å². The van der Waals surface area contributed by atoms with Crippen LogP contribution in [0.2, 0.25) is 0 Å². The van der Waals surface area contributed by atoms with Crippen LogP contribution in [0.4, 0.5) is 0 Å². The molecule has 2 fully saturated rings. The zero-order chi connectivity index (χ0) is 15.0. The lowest BCUT2D eigenvalue weighted by Crippen LogP contribution is -2.42. The third-order valence-corrected chi connectivity index (χ3v) is 4.94. The normalized spacial score (nSPS) is 28.2. The predicted octanol–water partition coefficient (Wildman–Crippen LogP) is 3.18. The van der Waals surface area contributed by atoms with Crippen molar-refractivity contribution >= 4 is 11.9 Å². The summed E-state index contributed by atoms with van der Waals surface area (Å²) in [6.45, 7) is 2.11. The number of fused-ring (bicyclic) bond motifs is 1. The molecule has 1 amide bonds. The summed E-state index contributed by atoms with van der Waals surface area (Å²) >= 11 is 0. The number of nitrogens with zero attached hydrogens (tertiary/aromatic N) is 1. The highest BCUT2D eigenvalue weighted by molar-refractivity contribution is 5.98. The maximum Gasteiger partial charge on any atom is 0.335 e. The monoisotopic (exact) mass is 287 g/mol. The van der Waals surface area contributed by atoms with Crippen molar-refractivity contribution in [3.63, 3.8) is 0 Å². The van der Waals surface area contributed by atoms with Crippen molar-refractivity contribution in [2.75, 3.05) is 0 Å². The molecule has 0 aromatic heterocycles. The second-order valence-corrected chi connectivity index (χ2v) is 6.29. The Bertz CT molecular complexity index is 569. The minimum atomic E-state index is -0.991. The van der Waals surface area contributed by atoms with Gasteiger partial charge in [0.05, 0.1) is 5.56 Å². The number of rotatable bonds is 2. The Kier molecular flexibility index (Phi) is 3.70. The van der Waals surface area contributed by atoms with E-state index in [1.165, 1.54) is 31.4 Å². The molecule has 1 aromatic rings. The molecule has 3 atom stereocenters. The second kappa shape index (κ2) is 5.51. The smallest absolute Gasteiger partial charge is 0.335 e. The van der Waals surface area contributed by atoms with E-state index in [4.69, 9.17) is 5.11 Å². The standard InChI is InChI=1S/C17H21NO3/c1-11-9-12-5-2-3-8-15(12)18(11)16(19)13-6-4-7-14(10-13)17(20)21/h4,6-7,10-12,15H,2-3,5,8-9H2,1H3,(H,20,21). The van der Waals surface area contributed by atoms with Gasteiger partial charge < -0.3 is 10.0 Å². The highest BCUT2D eigenvalue weighted by atomic mass is 16.4. The first-order valence-corrected chi connectivity index (χ1v) is 7.74. The largest absolute Gasteiger partial charge is 0.478 e. The molecule has 21 heavy (non-hydrogen) atoms. The Morgan fingerprint density at radius 2 is 1.90 bits per heavy atom. The van der Waals surface area contributed by atoms with Gasteiger partial charge in [-0.25, -0.2) is 4.79 Å². The van der Waals surface area contributed by atoms with Crippen molar-refractivity contribution in [2.24, 2.45) is 5.92 Å². The van der Waals surface area contributed by atoms with Gasteiger partial charge in [-0.05, 0) is 50.3 Å². The fraction of sp³-hybridized carbons (Fsp3) is 0.529. The summed E-state index contributed by atoms with van der Waals surface area (Å²) in [6.07, 6.45) is 5.83. The molecule has 0 spiro atoms. The third-order valence-electron chi connectivity index (χ3n) is 4.94. The van der Waals surface area contributed by atoms with Gasteiger partial charge in [-0.15, -0.1) is 0 Å². The van der Waals surface area contributed by atoms with Crippen molar-refractivity contribution in [3.05, 3.63) is 35.4 Å². The zero-order valence-electron chi connectivity index (χ0n) is 12.3. The van der Waals surface area contributed by atoms with E-state index in [-0.39, 0.29) is 17.5 Å². The van der Waals surface area contributed by atoms with Crippen LogP contribution >= 0.6 is 0 Å². The van der Waals surface area contributed by atoms with E-state index in [0.717, 1.165) is 12.8 Å². The molecule has 4 nitrogen and oxygen atoms in total. The Labute approximate surface area is 124 Å². The predicted molar refractivity (Wildman–Crippen MR) is 79.4 cm³/mol. The fourth-order valence-electron chi connectivity index (χ4n) is 3.99. The number of carboxylic acid groups (broad SMARTS) is 1. The molecule has 112 valence electrons. The average molecular weight is 287 g/mol. The SMILES string of the molecule is CC1CC2CCCCC2N1C(=O)c1cccc(C(=O)O)c1. The van der Waals surface area contributed by atoms with Crippen LogP contribution in [0.1, 0.15) is 59.7 Å². The zero-order valence-corrected chi connectivity index (χ0v) is 12.3. The van der Waals surface area contributed by atoms with Crippen LogP contribution < -0.4 is 0 Å². The van der Waals surface area contributed by atoms with Crippen molar-refractivity contribution in [1.29, 1.82) is 0 Å². The quantitative estimate of drug-likeness (QED) is 0.909. The second-order valence-electron chi connectivity index (χ2n) is 6.29. The molecule has 1 heterocycles. The summed E-state index contributed by atoms with van der Waals surface area (Å²) in [6, 6.07) is 6.98. The number of carbonyl (C=O) groups excluding carboxylic acids is 1. The molecule has 1 N–H and O–H groups in total. The lowest BCUT2D eigenvalue weighted by atomic mass is 9.85. The molecule has 1 aliphatic heterocycles. The van der Waals surface area contributed by atoms with Gasteiger partial charge in [-0.3, -0.25) is 4.79 Å². The molecule has 4 heteroatoms. The molecule has 0 bridgehead atoms. The van der Waals surface area contributed by atoms with E-state index in [1.807, 2.05) is 4.90 Å². The number of hydrogen-bond donors (Lipinski definition) is 1. The summed E-state index contributed by atoms with van der Waals surface area (Å²) in [4.78, 5) is 25.9. The van der Waals surface area contributed by atoms with Crippen molar-refractivity contribution in [2.45, 2.75) is 51.1 Å². The third kappa shape index (κ3) is 2.55. The van der Waals surface area contributed by atoms with Crippen LogP contribution in [-0.4, -0.2) is 34.0 Å². The highest BCUT2D eigenvalue weighted by Crippen LogP contribution is 2.40. The Hall–Kier alpha value is -1.84. The number of benzene rings is 1. The number of carbonyl (C=O) groups is 2. The first-order chi connectivity index (χ1) is 10.1. The van der Waals surface area contributed by atoms with E-state index in [9.17, 15) is 9.59 Å². The summed E-state index contributed by atoms with van der Waals surface area (Å²) in [5.74, 6) is -0.380. The molecule has 1 saturated heterocycles. The number of aromatic carboxylic acids is 1. The summed E-state index contributed by atoms with van der Waals surface area (Å²) in [5, 5.41) is 9.07. The van der Waals surface area contributed by atoms with Gasteiger partial charge >= 0.3 is 5.97 Å². The molecule has 1 saturated carbocycles. The molecule has 1 aromatic carbocycles. The maximum atomic E-state index is 12.8. The van der Waals surface area contributed by atoms with E-state index in [2.05, 4.69) is 6.92 Å². The van der Waals surface area contributed by atoms with Crippen LogP contribution in [-0.2, 0) is 0 Å². The van der Waals surface area contributed by atoms with Gasteiger partial charge in [0, 0.05) is 17.6 Å². The topological polar surface area (TPSA) is 57.6 Å². The van der Waals surface area contributed by atoms with E-state index in [1.54, 1.807) is 12.1 Å².